The second-order valence-electron chi connectivity index (χ2n) is 4.31. The van der Waals surface area contributed by atoms with Gasteiger partial charge in [-0.2, -0.15) is 0 Å². The van der Waals surface area contributed by atoms with Gasteiger partial charge in [0.25, 0.3) is 0 Å². The van der Waals surface area contributed by atoms with Gasteiger partial charge >= 0.3 is 6.03 Å². The van der Waals surface area contributed by atoms with Crippen molar-refractivity contribution in [3.63, 3.8) is 0 Å². The highest BCUT2D eigenvalue weighted by atomic mass is 16.2. The molecule has 0 aliphatic heterocycles. The largest absolute Gasteiger partial charge is 0.335 e. The molecule has 0 heterocycles. The number of para-hydroxylation sites is 1. The zero-order valence-corrected chi connectivity index (χ0v) is 10.1. The molecule has 2 rings (SSSR count). The van der Waals surface area contributed by atoms with E-state index in [4.69, 9.17) is 0 Å². The second kappa shape index (κ2) is 5.68. The molecule has 17 heavy (non-hydrogen) atoms. The van der Waals surface area contributed by atoms with Crippen LogP contribution in [0.2, 0.25) is 0 Å². The second-order valence-corrected chi connectivity index (χ2v) is 4.31. The van der Waals surface area contributed by atoms with Gasteiger partial charge in [-0.05, 0) is 31.0 Å². The Balaban J connectivity index is 1.95. The Labute approximate surface area is 102 Å². The minimum Gasteiger partial charge on any atom is -0.335 e. The van der Waals surface area contributed by atoms with Gasteiger partial charge in [0.1, 0.15) is 0 Å². The van der Waals surface area contributed by atoms with Gasteiger partial charge in [-0.3, -0.25) is 0 Å². The molecule has 3 N–H and O–H groups in total. The first kappa shape index (κ1) is 11.9. The first-order chi connectivity index (χ1) is 8.29. The minimum absolute atomic E-state index is 0.101. The highest BCUT2D eigenvalue weighted by Gasteiger charge is 2.23. The summed E-state index contributed by atoms with van der Waals surface area (Å²) >= 11 is 0. The van der Waals surface area contributed by atoms with E-state index in [1.165, 1.54) is 0 Å². The number of rotatable bonds is 5. The van der Waals surface area contributed by atoms with Crippen molar-refractivity contribution in [2.24, 2.45) is 0 Å². The van der Waals surface area contributed by atoms with Crippen LogP contribution < -0.4 is 16.0 Å². The molecular formula is C13H19N3O. The number of hydrogen-bond donors (Lipinski definition) is 3. The van der Waals surface area contributed by atoms with Crippen LogP contribution in [-0.4, -0.2) is 18.6 Å². The van der Waals surface area contributed by atoms with Crippen LogP contribution in [0.4, 0.5) is 10.5 Å². The number of carbonyl (C=O) groups is 1. The van der Waals surface area contributed by atoms with E-state index >= 15 is 0 Å². The Morgan fingerprint density at radius 2 is 2.12 bits per heavy atom. The summed E-state index contributed by atoms with van der Waals surface area (Å²) in [5.41, 5.74) is 1.99. The predicted molar refractivity (Wildman–Crippen MR) is 69.0 cm³/mol. The summed E-state index contributed by atoms with van der Waals surface area (Å²) in [6, 6.07) is 8.15. The van der Waals surface area contributed by atoms with Gasteiger partial charge < -0.3 is 16.0 Å². The molecule has 1 saturated carbocycles. The molecule has 0 radical (unpaired) electrons. The lowest BCUT2D eigenvalue weighted by atomic mass is 10.2. The Kier molecular flexibility index (Phi) is 3.98. The average Bonchev–Trinajstić information content (AvgIpc) is 3.11. The summed E-state index contributed by atoms with van der Waals surface area (Å²) in [7, 11) is 0. The fourth-order valence-electron chi connectivity index (χ4n) is 1.63. The summed E-state index contributed by atoms with van der Waals surface area (Å²) in [5.74, 6) is 0. The standard InChI is InChI=1S/C13H19N3O/c1-2-14-9-10-5-3-4-6-12(10)16-13(17)15-11-7-8-11/h3-6,11,14H,2,7-9H2,1H3,(H2,15,16,17). The topological polar surface area (TPSA) is 53.2 Å². The fourth-order valence-corrected chi connectivity index (χ4v) is 1.63. The summed E-state index contributed by atoms with van der Waals surface area (Å²) in [6.07, 6.45) is 2.21. The molecule has 0 unspecified atom stereocenters. The Morgan fingerprint density at radius 3 is 2.82 bits per heavy atom. The lowest BCUT2D eigenvalue weighted by Crippen LogP contribution is -2.31. The van der Waals surface area contributed by atoms with Crippen molar-refractivity contribution >= 4 is 11.7 Å². The average molecular weight is 233 g/mol. The maximum Gasteiger partial charge on any atom is 0.319 e. The Morgan fingerprint density at radius 1 is 1.35 bits per heavy atom. The molecular weight excluding hydrogens is 214 g/mol. The molecule has 0 bridgehead atoms. The number of carbonyl (C=O) groups excluding carboxylic acids is 1. The molecule has 0 atom stereocenters. The van der Waals surface area contributed by atoms with Gasteiger partial charge in [0.05, 0.1) is 0 Å². The van der Waals surface area contributed by atoms with Crippen molar-refractivity contribution in [1.29, 1.82) is 0 Å². The third kappa shape index (κ3) is 3.75. The number of nitrogens with one attached hydrogen (secondary N) is 3. The van der Waals surface area contributed by atoms with Crippen molar-refractivity contribution in [3.05, 3.63) is 29.8 Å². The highest BCUT2D eigenvalue weighted by molar-refractivity contribution is 5.90. The molecule has 1 aliphatic rings. The van der Waals surface area contributed by atoms with E-state index in [-0.39, 0.29) is 6.03 Å². The van der Waals surface area contributed by atoms with Crippen LogP contribution in [0.3, 0.4) is 0 Å². The number of anilines is 1. The summed E-state index contributed by atoms with van der Waals surface area (Å²) in [5, 5.41) is 9.08. The van der Waals surface area contributed by atoms with Crippen LogP contribution in [0.15, 0.2) is 24.3 Å². The fraction of sp³-hybridized carbons (Fsp3) is 0.462. The van der Waals surface area contributed by atoms with Crippen LogP contribution in [-0.2, 0) is 6.54 Å². The van der Waals surface area contributed by atoms with Crippen LogP contribution in [0.1, 0.15) is 25.3 Å². The number of amides is 2. The molecule has 1 aromatic rings. The van der Waals surface area contributed by atoms with Crippen molar-refractivity contribution in [1.82, 2.24) is 10.6 Å². The van der Waals surface area contributed by atoms with E-state index in [0.717, 1.165) is 37.2 Å². The SMILES string of the molecule is CCNCc1ccccc1NC(=O)NC1CC1. The molecule has 0 saturated heterocycles. The van der Waals surface area contributed by atoms with E-state index in [0.29, 0.717) is 6.04 Å². The van der Waals surface area contributed by atoms with Gasteiger partial charge in [-0.1, -0.05) is 25.1 Å². The van der Waals surface area contributed by atoms with Gasteiger partial charge in [0, 0.05) is 18.3 Å². The van der Waals surface area contributed by atoms with Gasteiger partial charge in [0.2, 0.25) is 0 Å². The third-order valence-electron chi connectivity index (χ3n) is 2.74. The van der Waals surface area contributed by atoms with Crippen molar-refractivity contribution in [3.8, 4) is 0 Å². The number of hydrogen-bond acceptors (Lipinski definition) is 2. The molecule has 0 spiro atoms. The summed E-state index contributed by atoms with van der Waals surface area (Å²) in [4.78, 5) is 11.6. The lowest BCUT2D eigenvalue weighted by molar-refractivity contribution is 0.251. The van der Waals surface area contributed by atoms with Crippen molar-refractivity contribution in [2.75, 3.05) is 11.9 Å². The Bertz CT molecular complexity index is 388. The van der Waals surface area contributed by atoms with E-state index in [2.05, 4.69) is 22.9 Å². The van der Waals surface area contributed by atoms with Crippen LogP contribution >= 0.6 is 0 Å². The molecule has 4 nitrogen and oxygen atoms in total. The first-order valence-electron chi connectivity index (χ1n) is 6.15. The smallest absolute Gasteiger partial charge is 0.319 e. The quantitative estimate of drug-likeness (QED) is 0.729. The Hall–Kier alpha value is -1.55. The van der Waals surface area contributed by atoms with Crippen molar-refractivity contribution in [2.45, 2.75) is 32.4 Å². The highest BCUT2D eigenvalue weighted by Crippen LogP contribution is 2.19. The molecule has 1 aliphatic carbocycles. The predicted octanol–water partition coefficient (Wildman–Crippen LogP) is 2.08. The molecule has 92 valence electrons. The van der Waals surface area contributed by atoms with Crippen LogP contribution in [0.25, 0.3) is 0 Å². The van der Waals surface area contributed by atoms with E-state index < -0.39 is 0 Å². The zero-order chi connectivity index (χ0) is 12.1. The van der Waals surface area contributed by atoms with Gasteiger partial charge in [-0.25, -0.2) is 4.79 Å². The van der Waals surface area contributed by atoms with Gasteiger partial charge in [0.15, 0.2) is 0 Å². The minimum atomic E-state index is -0.101. The number of urea groups is 1. The molecule has 4 heteroatoms. The third-order valence-corrected chi connectivity index (χ3v) is 2.74. The van der Waals surface area contributed by atoms with Crippen LogP contribution in [0.5, 0.6) is 0 Å². The number of benzene rings is 1. The zero-order valence-electron chi connectivity index (χ0n) is 10.1. The molecule has 1 fully saturated rings. The van der Waals surface area contributed by atoms with E-state index in [9.17, 15) is 4.79 Å². The van der Waals surface area contributed by atoms with Crippen molar-refractivity contribution < 1.29 is 4.79 Å². The lowest BCUT2D eigenvalue weighted by Gasteiger charge is -2.11. The molecule has 1 aromatic carbocycles. The van der Waals surface area contributed by atoms with E-state index in [1.807, 2.05) is 24.3 Å². The van der Waals surface area contributed by atoms with Crippen LogP contribution in [0, 0.1) is 0 Å². The maximum atomic E-state index is 11.6. The first-order valence-corrected chi connectivity index (χ1v) is 6.15. The molecule has 2 amide bonds. The maximum absolute atomic E-state index is 11.6. The van der Waals surface area contributed by atoms with E-state index in [1.54, 1.807) is 0 Å². The normalized spacial score (nSPS) is 14.4. The van der Waals surface area contributed by atoms with Gasteiger partial charge in [-0.15, -0.1) is 0 Å². The monoisotopic (exact) mass is 233 g/mol. The summed E-state index contributed by atoms with van der Waals surface area (Å²) < 4.78 is 0. The molecule has 0 aromatic heterocycles. The summed E-state index contributed by atoms with van der Waals surface area (Å²) in [6.45, 7) is 3.76.